The van der Waals surface area contributed by atoms with Crippen LogP contribution in [-0.2, 0) is 4.79 Å². The minimum atomic E-state index is -0.768. The molecule has 16 heavy (non-hydrogen) atoms. The molecule has 1 aromatic rings. The third-order valence-electron chi connectivity index (χ3n) is 2.17. The van der Waals surface area contributed by atoms with E-state index in [-0.39, 0.29) is 0 Å². The molecule has 0 aliphatic rings. The molecule has 0 amide bonds. The van der Waals surface area contributed by atoms with E-state index in [0.717, 1.165) is 5.75 Å². The van der Waals surface area contributed by atoms with Crippen LogP contribution in [0.1, 0.15) is 13.3 Å². The molecule has 0 heterocycles. The van der Waals surface area contributed by atoms with Gasteiger partial charge in [-0.05, 0) is 25.1 Å². The third kappa shape index (κ3) is 4.68. The number of carbonyl (C=O) groups is 1. The van der Waals surface area contributed by atoms with Gasteiger partial charge < -0.3 is 10.4 Å². The molecule has 0 bridgehead atoms. The second kappa shape index (κ2) is 7.30. The van der Waals surface area contributed by atoms with Gasteiger partial charge in [0.1, 0.15) is 6.04 Å². The minimum absolute atomic E-state index is 0.429. The van der Waals surface area contributed by atoms with E-state index >= 15 is 0 Å². The molecule has 0 saturated carbocycles. The van der Waals surface area contributed by atoms with Gasteiger partial charge in [-0.25, -0.2) is 0 Å². The summed E-state index contributed by atoms with van der Waals surface area (Å²) in [7, 11) is 0. The lowest BCUT2D eigenvalue weighted by molar-refractivity contribution is -0.139. The second-order valence-electron chi connectivity index (χ2n) is 3.40. The van der Waals surface area contributed by atoms with Crippen molar-refractivity contribution in [2.75, 3.05) is 12.3 Å². The molecule has 1 atom stereocenters. The predicted octanol–water partition coefficient (Wildman–Crippen LogP) is 2.23. The maximum absolute atomic E-state index is 10.9. The Labute approximate surface area is 100 Å². The van der Waals surface area contributed by atoms with E-state index in [1.165, 1.54) is 4.90 Å². The van der Waals surface area contributed by atoms with Crippen LogP contribution in [-0.4, -0.2) is 29.4 Å². The second-order valence-corrected chi connectivity index (χ2v) is 4.57. The van der Waals surface area contributed by atoms with Gasteiger partial charge in [0.15, 0.2) is 0 Å². The molecule has 0 aliphatic carbocycles. The number of carboxylic acids is 1. The molecule has 1 unspecified atom stereocenters. The van der Waals surface area contributed by atoms with Gasteiger partial charge in [-0.3, -0.25) is 4.79 Å². The first kappa shape index (κ1) is 13.1. The zero-order valence-electron chi connectivity index (χ0n) is 9.35. The lowest BCUT2D eigenvalue weighted by Crippen LogP contribution is -2.36. The standard InChI is InChI=1S/C12H17NO2S/c1-2-13-11(12(14)15)8-9-16-10-6-4-3-5-7-10/h3-7,11,13H,2,8-9H2,1H3,(H,14,15). The number of hydrogen-bond acceptors (Lipinski definition) is 3. The minimum Gasteiger partial charge on any atom is -0.480 e. The van der Waals surface area contributed by atoms with Gasteiger partial charge in [-0.15, -0.1) is 11.8 Å². The summed E-state index contributed by atoms with van der Waals surface area (Å²) in [5, 5.41) is 11.9. The summed E-state index contributed by atoms with van der Waals surface area (Å²) in [6, 6.07) is 9.59. The number of benzene rings is 1. The fraction of sp³-hybridized carbons (Fsp3) is 0.417. The topological polar surface area (TPSA) is 49.3 Å². The molecule has 0 aromatic heterocycles. The van der Waals surface area contributed by atoms with Crippen molar-refractivity contribution in [1.82, 2.24) is 5.32 Å². The van der Waals surface area contributed by atoms with E-state index in [0.29, 0.717) is 13.0 Å². The van der Waals surface area contributed by atoms with Crippen LogP contribution < -0.4 is 5.32 Å². The van der Waals surface area contributed by atoms with Crippen molar-refractivity contribution < 1.29 is 9.90 Å². The van der Waals surface area contributed by atoms with Crippen molar-refractivity contribution in [3.8, 4) is 0 Å². The summed E-state index contributed by atoms with van der Waals surface area (Å²) in [6.07, 6.45) is 0.642. The summed E-state index contributed by atoms with van der Waals surface area (Å²) in [4.78, 5) is 12.0. The van der Waals surface area contributed by atoms with Crippen molar-refractivity contribution >= 4 is 17.7 Å². The van der Waals surface area contributed by atoms with E-state index in [1.54, 1.807) is 11.8 Å². The van der Waals surface area contributed by atoms with Crippen molar-refractivity contribution in [3.63, 3.8) is 0 Å². The molecule has 0 saturated heterocycles. The Kier molecular flexibility index (Phi) is 5.96. The first-order chi connectivity index (χ1) is 7.74. The first-order valence-corrected chi connectivity index (χ1v) is 6.36. The zero-order valence-corrected chi connectivity index (χ0v) is 10.2. The molecule has 88 valence electrons. The Balaban J connectivity index is 2.31. The largest absolute Gasteiger partial charge is 0.480 e. The third-order valence-corrected chi connectivity index (χ3v) is 3.21. The maximum Gasteiger partial charge on any atom is 0.320 e. The van der Waals surface area contributed by atoms with Crippen LogP contribution in [0, 0.1) is 0 Å². The van der Waals surface area contributed by atoms with Crippen LogP contribution in [0.3, 0.4) is 0 Å². The molecule has 1 rings (SSSR count). The smallest absolute Gasteiger partial charge is 0.320 e. The van der Waals surface area contributed by atoms with Gasteiger partial charge in [0.05, 0.1) is 0 Å². The molecule has 4 heteroatoms. The quantitative estimate of drug-likeness (QED) is 0.716. The van der Waals surface area contributed by atoms with Crippen LogP contribution in [0.5, 0.6) is 0 Å². The summed E-state index contributed by atoms with van der Waals surface area (Å²) in [6.45, 7) is 2.60. The SMILES string of the molecule is CCNC(CCSc1ccccc1)C(=O)O. The van der Waals surface area contributed by atoms with Crippen molar-refractivity contribution in [1.29, 1.82) is 0 Å². The highest BCUT2D eigenvalue weighted by atomic mass is 32.2. The van der Waals surface area contributed by atoms with Crippen molar-refractivity contribution in [2.24, 2.45) is 0 Å². The number of aliphatic carboxylic acids is 1. The number of thioether (sulfide) groups is 1. The normalized spacial score (nSPS) is 12.3. The van der Waals surface area contributed by atoms with Crippen molar-refractivity contribution in [2.45, 2.75) is 24.3 Å². The van der Waals surface area contributed by atoms with Crippen LogP contribution in [0.4, 0.5) is 0 Å². The highest BCUT2D eigenvalue weighted by Crippen LogP contribution is 2.18. The van der Waals surface area contributed by atoms with E-state index in [9.17, 15) is 4.79 Å². The number of carboxylic acid groups (broad SMARTS) is 1. The van der Waals surface area contributed by atoms with Gasteiger partial charge in [-0.1, -0.05) is 25.1 Å². The van der Waals surface area contributed by atoms with Gasteiger partial charge in [0.25, 0.3) is 0 Å². The number of likely N-dealkylation sites (N-methyl/N-ethyl adjacent to an activating group) is 1. The summed E-state index contributed by atoms with van der Waals surface area (Å²) >= 11 is 1.69. The van der Waals surface area contributed by atoms with Crippen LogP contribution in [0.2, 0.25) is 0 Å². The average molecular weight is 239 g/mol. The van der Waals surface area contributed by atoms with Gasteiger partial charge in [-0.2, -0.15) is 0 Å². The molecule has 0 aliphatic heterocycles. The zero-order chi connectivity index (χ0) is 11.8. The fourth-order valence-electron chi connectivity index (χ4n) is 1.37. The molecule has 0 spiro atoms. The predicted molar refractivity (Wildman–Crippen MR) is 66.9 cm³/mol. The number of nitrogens with one attached hydrogen (secondary N) is 1. The molecule has 2 N–H and O–H groups in total. The summed E-state index contributed by atoms with van der Waals surface area (Å²) in [5.74, 6) is 0.0454. The van der Waals surface area contributed by atoms with Gasteiger partial charge >= 0.3 is 5.97 Å². The Morgan fingerprint density at radius 1 is 1.44 bits per heavy atom. The van der Waals surface area contributed by atoms with E-state index < -0.39 is 12.0 Å². The molecule has 3 nitrogen and oxygen atoms in total. The molecular weight excluding hydrogens is 222 g/mol. The number of rotatable bonds is 7. The lowest BCUT2D eigenvalue weighted by atomic mass is 10.2. The van der Waals surface area contributed by atoms with Crippen molar-refractivity contribution in [3.05, 3.63) is 30.3 Å². The number of hydrogen-bond donors (Lipinski definition) is 2. The van der Waals surface area contributed by atoms with Gasteiger partial charge in [0, 0.05) is 10.6 Å². The lowest BCUT2D eigenvalue weighted by Gasteiger charge is -2.12. The van der Waals surface area contributed by atoms with Crippen LogP contribution >= 0.6 is 11.8 Å². The molecule has 1 aromatic carbocycles. The highest BCUT2D eigenvalue weighted by molar-refractivity contribution is 7.99. The van der Waals surface area contributed by atoms with Gasteiger partial charge in [0.2, 0.25) is 0 Å². The molecule has 0 radical (unpaired) electrons. The van der Waals surface area contributed by atoms with Crippen LogP contribution in [0.15, 0.2) is 35.2 Å². The Morgan fingerprint density at radius 3 is 2.69 bits per heavy atom. The Hall–Kier alpha value is -1.00. The highest BCUT2D eigenvalue weighted by Gasteiger charge is 2.14. The fourth-order valence-corrected chi connectivity index (χ4v) is 2.31. The molecular formula is C12H17NO2S. The first-order valence-electron chi connectivity index (χ1n) is 5.38. The van der Waals surface area contributed by atoms with Crippen LogP contribution in [0.25, 0.3) is 0 Å². The average Bonchev–Trinajstić information content (AvgIpc) is 2.29. The summed E-state index contributed by atoms with van der Waals surface area (Å²) in [5.41, 5.74) is 0. The van der Waals surface area contributed by atoms with E-state index in [2.05, 4.69) is 5.32 Å². The maximum atomic E-state index is 10.9. The summed E-state index contributed by atoms with van der Waals surface area (Å²) < 4.78 is 0. The monoisotopic (exact) mass is 239 g/mol. The molecule has 0 fully saturated rings. The Morgan fingerprint density at radius 2 is 2.12 bits per heavy atom. The van der Waals surface area contributed by atoms with E-state index in [4.69, 9.17) is 5.11 Å². The van der Waals surface area contributed by atoms with E-state index in [1.807, 2.05) is 37.3 Å². The Bertz CT molecular complexity index is 316.